The average molecular weight is 303 g/mol. The maximum Gasteiger partial charge on any atom is 0.145 e. The van der Waals surface area contributed by atoms with E-state index in [9.17, 15) is 5.11 Å². The van der Waals surface area contributed by atoms with Gasteiger partial charge in [-0.2, -0.15) is 0 Å². The number of hydrogen-bond donors (Lipinski definition) is 1. The third kappa shape index (κ3) is 3.04. The first kappa shape index (κ1) is 14.0. The molecule has 0 bridgehead atoms. The first-order valence-corrected chi connectivity index (χ1v) is 7.07. The van der Waals surface area contributed by atoms with E-state index < -0.39 is 6.10 Å². The maximum absolute atomic E-state index is 10.2. The first-order chi connectivity index (χ1) is 10.1. The molecule has 1 aromatic heterocycles. The minimum atomic E-state index is -0.823. The minimum Gasteiger partial charge on any atom is -0.490 e. The van der Waals surface area contributed by atoms with E-state index in [-0.39, 0.29) is 6.61 Å². The number of fused-ring (bicyclic) bond motifs is 1. The van der Waals surface area contributed by atoms with Gasteiger partial charge in [0.1, 0.15) is 29.8 Å². The van der Waals surface area contributed by atoms with Gasteiger partial charge in [0, 0.05) is 10.4 Å². The number of benzene rings is 2. The summed E-state index contributed by atoms with van der Waals surface area (Å²) in [4.78, 5) is 0. The van der Waals surface area contributed by atoms with Crippen LogP contribution in [0.5, 0.6) is 5.75 Å². The zero-order valence-corrected chi connectivity index (χ0v) is 12.3. The molecule has 0 radical (unpaired) electrons. The van der Waals surface area contributed by atoms with Gasteiger partial charge in [-0.3, -0.25) is 0 Å². The largest absolute Gasteiger partial charge is 0.490 e. The van der Waals surface area contributed by atoms with Crippen molar-refractivity contribution < 1.29 is 14.3 Å². The molecule has 0 saturated carbocycles. The van der Waals surface area contributed by atoms with Crippen LogP contribution in [0.2, 0.25) is 5.02 Å². The summed E-state index contributed by atoms with van der Waals surface area (Å²) < 4.78 is 11.3. The molecule has 1 unspecified atom stereocenters. The molecule has 1 heterocycles. The summed E-state index contributed by atoms with van der Waals surface area (Å²) in [6.07, 6.45) is -0.823. The highest BCUT2D eigenvalue weighted by molar-refractivity contribution is 6.30. The van der Waals surface area contributed by atoms with Gasteiger partial charge in [-0.05, 0) is 36.8 Å². The number of aliphatic hydroxyl groups is 1. The second kappa shape index (κ2) is 5.80. The number of ether oxygens (including phenoxy) is 1. The van der Waals surface area contributed by atoms with Gasteiger partial charge in [0.25, 0.3) is 0 Å². The second-order valence-corrected chi connectivity index (χ2v) is 5.36. The highest BCUT2D eigenvalue weighted by Crippen LogP contribution is 2.27. The molecule has 3 nitrogen and oxygen atoms in total. The lowest BCUT2D eigenvalue weighted by atomic mass is 10.2. The topological polar surface area (TPSA) is 42.6 Å². The molecule has 4 heteroatoms. The third-order valence-electron chi connectivity index (χ3n) is 3.29. The molecule has 1 atom stereocenters. The Balaban J connectivity index is 1.75. The van der Waals surface area contributed by atoms with Crippen LogP contribution < -0.4 is 4.74 Å². The summed E-state index contributed by atoms with van der Waals surface area (Å²) >= 11 is 5.89. The molecule has 3 rings (SSSR count). The van der Waals surface area contributed by atoms with Crippen LogP contribution in [0, 0.1) is 6.92 Å². The lowest BCUT2D eigenvalue weighted by Gasteiger charge is -2.10. The van der Waals surface area contributed by atoms with Crippen molar-refractivity contribution in [2.45, 2.75) is 13.0 Å². The molecule has 108 valence electrons. The zero-order chi connectivity index (χ0) is 14.8. The Labute approximate surface area is 127 Å². The molecule has 2 aromatic carbocycles. The third-order valence-corrected chi connectivity index (χ3v) is 3.53. The summed E-state index contributed by atoms with van der Waals surface area (Å²) in [5.74, 6) is 1.12. The highest BCUT2D eigenvalue weighted by Gasteiger charge is 2.15. The smallest absolute Gasteiger partial charge is 0.145 e. The van der Waals surface area contributed by atoms with Gasteiger partial charge in [0.05, 0.1) is 0 Å². The summed E-state index contributed by atoms with van der Waals surface area (Å²) in [5.41, 5.74) is 1.84. The Bertz CT molecular complexity index is 764. The van der Waals surface area contributed by atoms with Gasteiger partial charge >= 0.3 is 0 Å². The molecule has 0 amide bonds. The minimum absolute atomic E-state index is 0.110. The lowest BCUT2D eigenvalue weighted by Crippen LogP contribution is -2.08. The van der Waals surface area contributed by atoms with Crippen LogP contribution in [0.3, 0.4) is 0 Å². The van der Waals surface area contributed by atoms with E-state index in [1.165, 1.54) is 0 Å². The van der Waals surface area contributed by atoms with Crippen LogP contribution in [0.4, 0.5) is 0 Å². The predicted octanol–water partition coefficient (Wildman–Crippen LogP) is 4.51. The van der Waals surface area contributed by atoms with Gasteiger partial charge in [-0.15, -0.1) is 0 Å². The Morgan fingerprint density at radius 3 is 2.76 bits per heavy atom. The average Bonchev–Trinajstić information content (AvgIpc) is 2.90. The SMILES string of the molecule is Cc1cccc2cc(C(O)COc3cccc(Cl)c3)oc12. The molecule has 3 aromatic rings. The summed E-state index contributed by atoms with van der Waals surface area (Å²) in [7, 11) is 0. The van der Waals surface area contributed by atoms with Gasteiger partial charge in [-0.25, -0.2) is 0 Å². The number of aryl methyl sites for hydroxylation is 1. The van der Waals surface area contributed by atoms with Crippen LogP contribution in [-0.2, 0) is 0 Å². The number of furan rings is 1. The molecule has 0 saturated heterocycles. The normalized spacial score (nSPS) is 12.5. The van der Waals surface area contributed by atoms with E-state index >= 15 is 0 Å². The van der Waals surface area contributed by atoms with Crippen molar-refractivity contribution in [3.8, 4) is 5.75 Å². The standard InChI is InChI=1S/C17H15ClO3/c1-11-4-2-5-12-8-16(21-17(11)12)15(19)10-20-14-7-3-6-13(18)9-14/h2-9,15,19H,10H2,1H3. The van der Waals surface area contributed by atoms with Crippen LogP contribution >= 0.6 is 11.6 Å². The number of rotatable bonds is 4. The molecule has 0 spiro atoms. The van der Waals surface area contributed by atoms with Crippen molar-refractivity contribution in [3.05, 3.63) is 64.9 Å². The van der Waals surface area contributed by atoms with Crippen molar-refractivity contribution in [3.63, 3.8) is 0 Å². The Morgan fingerprint density at radius 2 is 2.00 bits per heavy atom. The molecule has 21 heavy (non-hydrogen) atoms. The Hall–Kier alpha value is -1.97. The summed E-state index contributed by atoms with van der Waals surface area (Å²) in [6, 6.07) is 14.8. The number of aliphatic hydroxyl groups excluding tert-OH is 1. The molecule has 0 aliphatic heterocycles. The van der Waals surface area contributed by atoms with Crippen LogP contribution in [0.25, 0.3) is 11.0 Å². The number of halogens is 1. The fourth-order valence-electron chi connectivity index (χ4n) is 2.21. The van der Waals surface area contributed by atoms with Gasteiger partial charge in [-0.1, -0.05) is 35.9 Å². The molecule has 1 N–H and O–H groups in total. The second-order valence-electron chi connectivity index (χ2n) is 4.93. The molecular formula is C17H15ClO3. The summed E-state index contributed by atoms with van der Waals surface area (Å²) in [6.45, 7) is 2.09. The molecular weight excluding hydrogens is 288 g/mol. The monoisotopic (exact) mass is 302 g/mol. The van der Waals surface area contributed by atoms with Crippen molar-refractivity contribution in [2.75, 3.05) is 6.61 Å². The Kier molecular flexibility index (Phi) is 3.86. The zero-order valence-electron chi connectivity index (χ0n) is 11.5. The van der Waals surface area contributed by atoms with Crippen LogP contribution in [0.1, 0.15) is 17.4 Å². The fourth-order valence-corrected chi connectivity index (χ4v) is 2.39. The number of para-hydroxylation sites is 1. The van der Waals surface area contributed by atoms with E-state index in [2.05, 4.69) is 0 Å². The van der Waals surface area contributed by atoms with Crippen molar-refractivity contribution >= 4 is 22.6 Å². The van der Waals surface area contributed by atoms with Crippen LogP contribution in [0.15, 0.2) is 52.9 Å². The first-order valence-electron chi connectivity index (χ1n) is 6.69. The molecule has 0 aliphatic rings. The highest BCUT2D eigenvalue weighted by atomic mass is 35.5. The predicted molar refractivity (Wildman–Crippen MR) is 82.9 cm³/mol. The number of hydrogen-bond acceptors (Lipinski definition) is 3. The lowest BCUT2D eigenvalue weighted by molar-refractivity contribution is 0.0903. The van der Waals surface area contributed by atoms with E-state index in [0.29, 0.717) is 16.5 Å². The van der Waals surface area contributed by atoms with E-state index in [4.69, 9.17) is 20.8 Å². The van der Waals surface area contributed by atoms with Gasteiger partial charge in [0.15, 0.2) is 0 Å². The van der Waals surface area contributed by atoms with Gasteiger partial charge < -0.3 is 14.3 Å². The maximum atomic E-state index is 10.2. The summed E-state index contributed by atoms with van der Waals surface area (Å²) in [5, 5.41) is 11.8. The van der Waals surface area contributed by atoms with Gasteiger partial charge in [0.2, 0.25) is 0 Å². The fraction of sp³-hybridized carbons (Fsp3) is 0.176. The van der Waals surface area contributed by atoms with E-state index in [1.54, 1.807) is 24.3 Å². The van der Waals surface area contributed by atoms with Crippen molar-refractivity contribution in [1.82, 2.24) is 0 Å². The molecule has 0 aliphatic carbocycles. The van der Waals surface area contributed by atoms with E-state index in [0.717, 1.165) is 16.5 Å². The van der Waals surface area contributed by atoms with Crippen molar-refractivity contribution in [1.29, 1.82) is 0 Å². The van der Waals surface area contributed by atoms with Crippen molar-refractivity contribution in [2.24, 2.45) is 0 Å². The quantitative estimate of drug-likeness (QED) is 0.771. The van der Waals surface area contributed by atoms with E-state index in [1.807, 2.05) is 31.2 Å². The Morgan fingerprint density at radius 1 is 1.19 bits per heavy atom. The van der Waals surface area contributed by atoms with Crippen LogP contribution in [-0.4, -0.2) is 11.7 Å². The molecule has 0 fully saturated rings.